The van der Waals surface area contributed by atoms with Gasteiger partial charge in [0.1, 0.15) is 5.65 Å². The zero-order valence-corrected chi connectivity index (χ0v) is 16.5. The Bertz CT molecular complexity index is 1400. The van der Waals surface area contributed by atoms with Gasteiger partial charge in [-0.2, -0.15) is 0 Å². The molecule has 0 N–H and O–H groups in total. The first-order valence-electron chi connectivity index (χ1n) is 9.48. The first kappa shape index (κ1) is 18.7. The summed E-state index contributed by atoms with van der Waals surface area (Å²) in [6, 6.07) is 17.9. The summed E-state index contributed by atoms with van der Waals surface area (Å²) in [6.07, 6.45) is 0.504. The average Bonchev–Trinajstić information content (AvgIpc) is 2.73. The highest BCUT2D eigenvalue weighted by atomic mass is 16.2. The van der Waals surface area contributed by atoms with Gasteiger partial charge < -0.3 is 0 Å². The molecule has 146 valence electrons. The summed E-state index contributed by atoms with van der Waals surface area (Å²) in [5, 5.41) is 0.372. The molecule has 2 heterocycles. The molecule has 0 aliphatic heterocycles. The van der Waals surface area contributed by atoms with E-state index in [0.717, 1.165) is 0 Å². The number of pyridine rings is 1. The van der Waals surface area contributed by atoms with Crippen molar-refractivity contribution in [1.29, 1.82) is 0 Å². The SMILES string of the molecule is CCc1c(C)c2c(=O)n(-c3ccccc3)c(=O)n(-c3ccccc3)c2n(C)c1=O. The summed E-state index contributed by atoms with van der Waals surface area (Å²) in [6.45, 7) is 3.66. The molecule has 6 heteroatoms. The molecule has 0 atom stereocenters. The number of benzene rings is 2. The number of aromatic nitrogens is 3. The van der Waals surface area contributed by atoms with Crippen LogP contribution in [0.4, 0.5) is 0 Å². The van der Waals surface area contributed by atoms with Gasteiger partial charge in [-0.05, 0) is 43.2 Å². The number of hydrogen-bond acceptors (Lipinski definition) is 3. The molecule has 0 unspecified atom stereocenters. The standard InChI is InChI=1S/C23H21N3O3/c1-4-18-15(2)19-20(24(3)21(18)27)25(16-11-7-5-8-12-16)23(29)26(22(19)28)17-13-9-6-10-14-17/h5-14H,4H2,1-3H3. The highest BCUT2D eigenvalue weighted by molar-refractivity contribution is 5.81. The van der Waals surface area contributed by atoms with Crippen molar-refractivity contribution in [3.63, 3.8) is 0 Å². The maximum Gasteiger partial charge on any atom is 0.341 e. The number of nitrogens with zero attached hydrogens (tertiary/aromatic N) is 3. The summed E-state index contributed by atoms with van der Waals surface area (Å²) in [5.41, 5.74) is 1.44. The smallest absolute Gasteiger partial charge is 0.296 e. The van der Waals surface area contributed by atoms with E-state index in [2.05, 4.69) is 0 Å². The van der Waals surface area contributed by atoms with Crippen molar-refractivity contribution < 1.29 is 0 Å². The fourth-order valence-electron chi connectivity index (χ4n) is 3.88. The predicted octanol–water partition coefficient (Wildman–Crippen LogP) is 2.71. The van der Waals surface area contributed by atoms with Gasteiger partial charge in [-0.1, -0.05) is 43.3 Å². The fraction of sp³-hybridized carbons (Fsp3) is 0.174. The molecule has 29 heavy (non-hydrogen) atoms. The third kappa shape index (κ3) is 2.76. The topological polar surface area (TPSA) is 66.0 Å². The Morgan fingerprint density at radius 3 is 1.79 bits per heavy atom. The quantitative estimate of drug-likeness (QED) is 0.543. The summed E-state index contributed by atoms with van der Waals surface area (Å²) in [4.78, 5) is 40.0. The van der Waals surface area contributed by atoms with Crippen molar-refractivity contribution in [3.05, 3.63) is 103 Å². The predicted molar refractivity (Wildman–Crippen MR) is 114 cm³/mol. The average molecular weight is 387 g/mol. The highest BCUT2D eigenvalue weighted by Crippen LogP contribution is 2.19. The molecule has 0 amide bonds. The van der Waals surface area contributed by atoms with Gasteiger partial charge in [0.05, 0.1) is 16.8 Å². The number of hydrogen-bond donors (Lipinski definition) is 0. The second kappa shape index (κ2) is 7.05. The summed E-state index contributed by atoms with van der Waals surface area (Å²) in [5.74, 6) is 0. The molecule has 2 aromatic carbocycles. The van der Waals surface area contributed by atoms with Gasteiger partial charge in [0.2, 0.25) is 0 Å². The van der Waals surface area contributed by atoms with E-state index in [1.165, 1.54) is 13.7 Å². The van der Waals surface area contributed by atoms with Crippen LogP contribution in [0.15, 0.2) is 75.0 Å². The maximum atomic E-state index is 13.5. The van der Waals surface area contributed by atoms with Crippen LogP contribution in [0.1, 0.15) is 18.1 Å². The highest BCUT2D eigenvalue weighted by Gasteiger charge is 2.22. The Labute approximate surface area is 166 Å². The Morgan fingerprint density at radius 2 is 1.28 bits per heavy atom. The Hall–Kier alpha value is -3.67. The molecule has 0 fully saturated rings. The Kier molecular flexibility index (Phi) is 4.54. The first-order chi connectivity index (χ1) is 14.0. The van der Waals surface area contributed by atoms with E-state index in [-0.39, 0.29) is 5.56 Å². The van der Waals surface area contributed by atoms with Crippen molar-refractivity contribution in [2.24, 2.45) is 7.05 Å². The van der Waals surface area contributed by atoms with Crippen molar-refractivity contribution in [2.45, 2.75) is 20.3 Å². The summed E-state index contributed by atoms with van der Waals surface area (Å²) >= 11 is 0. The monoisotopic (exact) mass is 387 g/mol. The molecule has 0 aliphatic rings. The third-order valence-corrected chi connectivity index (χ3v) is 5.33. The molecule has 4 rings (SSSR count). The van der Waals surface area contributed by atoms with E-state index in [4.69, 9.17) is 0 Å². The van der Waals surface area contributed by atoms with E-state index in [0.29, 0.717) is 40.0 Å². The summed E-state index contributed by atoms with van der Waals surface area (Å²) < 4.78 is 4.02. The molecule has 4 aromatic rings. The van der Waals surface area contributed by atoms with E-state index < -0.39 is 11.2 Å². The molecular weight excluding hydrogens is 366 g/mol. The molecule has 0 saturated carbocycles. The van der Waals surface area contributed by atoms with Crippen LogP contribution in [-0.4, -0.2) is 13.7 Å². The fourth-order valence-corrected chi connectivity index (χ4v) is 3.88. The zero-order chi connectivity index (χ0) is 20.7. The molecular formula is C23H21N3O3. The molecule has 0 aliphatic carbocycles. The minimum atomic E-state index is -0.515. The molecule has 0 saturated heterocycles. The lowest BCUT2D eigenvalue weighted by Crippen LogP contribution is -2.41. The van der Waals surface area contributed by atoms with Gasteiger partial charge in [0, 0.05) is 12.6 Å². The van der Waals surface area contributed by atoms with Gasteiger partial charge in [-0.15, -0.1) is 0 Å². The van der Waals surface area contributed by atoms with Crippen molar-refractivity contribution >= 4 is 11.0 Å². The minimum absolute atomic E-state index is 0.196. The molecule has 0 radical (unpaired) electrons. The van der Waals surface area contributed by atoms with E-state index in [1.54, 1.807) is 50.4 Å². The van der Waals surface area contributed by atoms with Crippen LogP contribution in [-0.2, 0) is 13.5 Å². The molecule has 0 bridgehead atoms. The van der Waals surface area contributed by atoms with Crippen LogP contribution < -0.4 is 16.8 Å². The van der Waals surface area contributed by atoms with Gasteiger partial charge in [-0.3, -0.25) is 14.2 Å². The van der Waals surface area contributed by atoms with Crippen molar-refractivity contribution in [3.8, 4) is 11.4 Å². The van der Waals surface area contributed by atoms with Gasteiger partial charge in [-0.25, -0.2) is 13.9 Å². The van der Waals surface area contributed by atoms with E-state index in [9.17, 15) is 14.4 Å². The van der Waals surface area contributed by atoms with Crippen LogP contribution >= 0.6 is 0 Å². The number of para-hydroxylation sites is 2. The number of rotatable bonds is 3. The Morgan fingerprint density at radius 1 is 0.759 bits per heavy atom. The number of aryl methyl sites for hydroxylation is 2. The van der Waals surface area contributed by atoms with Crippen LogP contribution in [0, 0.1) is 6.92 Å². The van der Waals surface area contributed by atoms with Gasteiger partial charge in [0.15, 0.2) is 0 Å². The molecule has 6 nitrogen and oxygen atoms in total. The maximum absolute atomic E-state index is 13.5. The van der Waals surface area contributed by atoms with Gasteiger partial charge >= 0.3 is 5.69 Å². The molecule has 0 spiro atoms. The second-order valence-electron chi connectivity index (χ2n) is 6.95. The number of fused-ring (bicyclic) bond motifs is 1. The zero-order valence-electron chi connectivity index (χ0n) is 16.5. The lowest BCUT2D eigenvalue weighted by Gasteiger charge is -2.19. The van der Waals surface area contributed by atoms with Gasteiger partial charge in [0.25, 0.3) is 11.1 Å². The third-order valence-electron chi connectivity index (χ3n) is 5.33. The van der Waals surface area contributed by atoms with E-state index >= 15 is 0 Å². The normalized spacial score (nSPS) is 11.1. The Balaban J connectivity index is 2.35. The van der Waals surface area contributed by atoms with Crippen LogP contribution in [0.3, 0.4) is 0 Å². The van der Waals surface area contributed by atoms with Crippen LogP contribution in [0.25, 0.3) is 22.4 Å². The summed E-state index contributed by atoms with van der Waals surface area (Å²) in [7, 11) is 1.61. The van der Waals surface area contributed by atoms with E-state index in [1.807, 2.05) is 31.2 Å². The van der Waals surface area contributed by atoms with Crippen molar-refractivity contribution in [2.75, 3.05) is 0 Å². The largest absolute Gasteiger partial charge is 0.341 e. The molecule has 2 aromatic heterocycles. The van der Waals surface area contributed by atoms with Crippen molar-refractivity contribution in [1.82, 2.24) is 13.7 Å². The minimum Gasteiger partial charge on any atom is -0.296 e. The lowest BCUT2D eigenvalue weighted by atomic mass is 10.0. The van der Waals surface area contributed by atoms with Crippen LogP contribution in [0.2, 0.25) is 0 Å². The van der Waals surface area contributed by atoms with Crippen LogP contribution in [0.5, 0.6) is 0 Å². The second-order valence-corrected chi connectivity index (χ2v) is 6.95. The lowest BCUT2D eigenvalue weighted by molar-refractivity contribution is 0.772. The first-order valence-corrected chi connectivity index (χ1v) is 9.48.